The molecule has 0 N–H and O–H groups in total. The molecule has 0 aliphatic carbocycles. The number of thioether (sulfide) groups is 1. The molecular formula is C16H16N2OS3. The predicted molar refractivity (Wildman–Crippen MR) is 95.1 cm³/mol. The first-order valence-electron chi connectivity index (χ1n) is 6.97. The highest BCUT2D eigenvalue weighted by Gasteiger charge is 2.07. The van der Waals surface area contributed by atoms with Crippen LogP contribution in [-0.4, -0.2) is 16.6 Å². The Morgan fingerprint density at radius 1 is 1.09 bits per heavy atom. The van der Waals surface area contributed by atoms with Crippen molar-refractivity contribution in [3.8, 4) is 16.3 Å². The van der Waals surface area contributed by atoms with E-state index in [4.69, 9.17) is 9.72 Å². The summed E-state index contributed by atoms with van der Waals surface area (Å²) in [5, 5.41) is 5.25. The van der Waals surface area contributed by atoms with E-state index in [-0.39, 0.29) is 0 Å². The molecule has 3 aromatic rings. The third-order valence-electron chi connectivity index (χ3n) is 2.91. The molecule has 2 aromatic heterocycles. The van der Waals surface area contributed by atoms with Crippen molar-refractivity contribution in [3.05, 3.63) is 46.4 Å². The van der Waals surface area contributed by atoms with E-state index in [1.807, 2.05) is 26.0 Å². The van der Waals surface area contributed by atoms with Gasteiger partial charge in [0, 0.05) is 27.8 Å². The number of ether oxygens (including phenoxy) is 1. The van der Waals surface area contributed by atoms with Crippen LogP contribution < -0.4 is 4.74 Å². The predicted octanol–water partition coefficient (Wildman–Crippen LogP) is 5.27. The molecule has 6 heteroatoms. The maximum absolute atomic E-state index is 5.47. The van der Waals surface area contributed by atoms with Gasteiger partial charge in [0.25, 0.3) is 0 Å². The molecule has 2 heterocycles. The van der Waals surface area contributed by atoms with Gasteiger partial charge in [0.2, 0.25) is 0 Å². The second-order valence-electron chi connectivity index (χ2n) is 4.64. The summed E-state index contributed by atoms with van der Waals surface area (Å²) in [6, 6.07) is 8.11. The van der Waals surface area contributed by atoms with E-state index < -0.39 is 0 Å². The topological polar surface area (TPSA) is 35.0 Å². The van der Waals surface area contributed by atoms with Gasteiger partial charge in [0.1, 0.15) is 15.1 Å². The van der Waals surface area contributed by atoms with E-state index in [1.54, 1.807) is 34.4 Å². The number of thiazole rings is 2. The van der Waals surface area contributed by atoms with Gasteiger partial charge < -0.3 is 4.74 Å². The molecule has 0 atom stereocenters. The standard InChI is InChI=1S/C16H16N2OS3/c1-3-19-14-6-4-12(5-7-14)15-18-13(9-20-15)10-22-16-17-11(2)8-21-16/h4-9H,3,10H2,1-2H3. The van der Waals surface area contributed by atoms with Crippen molar-refractivity contribution < 1.29 is 4.74 Å². The number of aromatic nitrogens is 2. The van der Waals surface area contributed by atoms with Gasteiger partial charge in [-0.3, -0.25) is 0 Å². The van der Waals surface area contributed by atoms with Crippen LogP contribution in [0.5, 0.6) is 5.75 Å². The van der Waals surface area contributed by atoms with Gasteiger partial charge >= 0.3 is 0 Å². The number of rotatable bonds is 6. The molecule has 0 saturated heterocycles. The van der Waals surface area contributed by atoms with Crippen molar-refractivity contribution in [2.75, 3.05) is 6.61 Å². The first-order chi connectivity index (χ1) is 10.7. The van der Waals surface area contributed by atoms with Crippen molar-refractivity contribution in [2.45, 2.75) is 23.9 Å². The summed E-state index contributed by atoms with van der Waals surface area (Å²) in [5.41, 5.74) is 3.32. The normalized spacial score (nSPS) is 10.8. The zero-order valence-corrected chi connectivity index (χ0v) is 14.9. The molecule has 3 nitrogen and oxygen atoms in total. The molecule has 0 fully saturated rings. The Hall–Kier alpha value is -1.37. The number of hydrogen-bond acceptors (Lipinski definition) is 6. The van der Waals surface area contributed by atoms with Crippen LogP contribution in [0.2, 0.25) is 0 Å². The van der Waals surface area contributed by atoms with Crippen molar-refractivity contribution in [3.63, 3.8) is 0 Å². The van der Waals surface area contributed by atoms with Gasteiger partial charge in [-0.1, -0.05) is 11.8 Å². The smallest absolute Gasteiger partial charge is 0.150 e. The summed E-state index contributed by atoms with van der Waals surface area (Å²) >= 11 is 5.12. The van der Waals surface area contributed by atoms with Gasteiger partial charge in [-0.25, -0.2) is 9.97 Å². The van der Waals surface area contributed by atoms with Gasteiger partial charge in [-0.05, 0) is 38.1 Å². The van der Waals surface area contributed by atoms with Gasteiger partial charge in [-0.2, -0.15) is 0 Å². The van der Waals surface area contributed by atoms with E-state index in [0.29, 0.717) is 6.61 Å². The SMILES string of the molecule is CCOc1ccc(-c2nc(CSc3nc(C)cs3)cs2)cc1. The Labute approximate surface area is 142 Å². The molecule has 0 bridgehead atoms. The van der Waals surface area contributed by atoms with Crippen molar-refractivity contribution in [2.24, 2.45) is 0 Å². The van der Waals surface area contributed by atoms with E-state index in [0.717, 1.165) is 37.8 Å². The monoisotopic (exact) mass is 348 g/mol. The Balaban J connectivity index is 1.65. The summed E-state index contributed by atoms with van der Waals surface area (Å²) in [6.07, 6.45) is 0. The molecule has 0 spiro atoms. The molecule has 22 heavy (non-hydrogen) atoms. The third-order valence-corrected chi connectivity index (χ3v) is 6.02. The number of hydrogen-bond donors (Lipinski definition) is 0. The fraction of sp³-hybridized carbons (Fsp3) is 0.250. The molecule has 0 aliphatic rings. The van der Waals surface area contributed by atoms with Crippen molar-refractivity contribution in [1.82, 2.24) is 9.97 Å². The summed E-state index contributed by atoms with van der Waals surface area (Å²) < 4.78 is 6.57. The Morgan fingerprint density at radius 2 is 1.91 bits per heavy atom. The lowest BCUT2D eigenvalue weighted by molar-refractivity contribution is 0.340. The molecule has 114 valence electrons. The zero-order chi connectivity index (χ0) is 15.4. The number of nitrogens with zero attached hydrogens (tertiary/aromatic N) is 2. The maximum atomic E-state index is 5.47. The fourth-order valence-corrected chi connectivity index (χ4v) is 4.57. The lowest BCUT2D eigenvalue weighted by Gasteiger charge is -2.02. The molecule has 1 aromatic carbocycles. The van der Waals surface area contributed by atoms with Crippen LogP contribution in [-0.2, 0) is 5.75 Å². The second kappa shape index (κ2) is 7.26. The van der Waals surface area contributed by atoms with E-state index >= 15 is 0 Å². The van der Waals surface area contributed by atoms with Crippen LogP contribution in [0.1, 0.15) is 18.3 Å². The van der Waals surface area contributed by atoms with Crippen LogP contribution in [0.25, 0.3) is 10.6 Å². The van der Waals surface area contributed by atoms with Crippen molar-refractivity contribution in [1.29, 1.82) is 0 Å². The van der Waals surface area contributed by atoms with Gasteiger partial charge in [0.05, 0.1) is 12.3 Å². The van der Waals surface area contributed by atoms with Gasteiger partial charge in [0.15, 0.2) is 0 Å². The average Bonchev–Trinajstić information content (AvgIpc) is 3.15. The second-order valence-corrected chi connectivity index (χ2v) is 7.58. The number of benzene rings is 1. The molecule has 0 aliphatic heterocycles. The lowest BCUT2D eigenvalue weighted by Crippen LogP contribution is -1.90. The van der Waals surface area contributed by atoms with Crippen LogP contribution in [0.4, 0.5) is 0 Å². The summed E-state index contributed by atoms with van der Waals surface area (Å²) in [6.45, 7) is 4.70. The third kappa shape index (κ3) is 3.88. The molecular weight excluding hydrogens is 332 g/mol. The minimum atomic E-state index is 0.689. The quantitative estimate of drug-likeness (QED) is 0.569. The van der Waals surface area contributed by atoms with Crippen LogP contribution in [0.3, 0.4) is 0 Å². The molecule has 3 rings (SSSR count). The van der Waals surface area contributed by atoms with Crippen LogP contribution in [0, 0.1) is 6.92 Å². The fourth-order valence-electron chi connectivity index (χ4n) is 1.90. The zero-order valence-electron chi connectivity index (χ0n) is 12.4. The lowest BCUT2D eigenvalue weighted by atomic mass is 10.2. The highest BCUT2D eigenvalue weighted by molar-refractivity contribution is 8.00. The minimum Gasteiger partial charge on any atom is -0.494 e. The van der Waals surface area contributed by atoms with Crippen LogP contribution in [0.15, 0.2) is 39.4 Å². The minimum absolute atomic E-state index is 0.689. The van der Waals surface area contributed by atoms with E-state index in [9.17, 15) is 0 Å². The van der Waals surface area contributed by atoms with Gasteiger partial charge in [-0.15, -0.1) is 22.7 Å². The van der Waals surface area contributed by atoms with E-state index in [1.165, 1.54) is 0 Å². The highest BCUT2D eigenvalue weighted by Crippen LogP contribution is 2.30. The summed E-state index contributed by atoms with van der Waals surface area (Å²) in [7, 11) is 0. The Bertz CT molecular complexity index is 734. The van der Waals surface area contributed by atoms with Crippen LogP contribution >= 0.6 is 34.4 Å². The maximum Gasteiger partial charge on any atom is 0.150 e. The summed E-state index contributed by atoms with van der Waals surface area (Å²) in [4.78, 5) is 9.17. The molecule has 0 unspecified atom stereocenters. The summed E-state index contributed by atoms with van der Waals surface area (Å²) in [5.74, 6) is 1.76. The van der Waals surface area contributed by atoms with Crippen molar-refractivity contribution >= 4 is 34.4 Å². The molecule has 0 radical (unpaired) electrons. The molecule has 0 amide bonds. The first kappa shape index (κ1) is 15.5. The molecule has 0 saturated carbocycles. The first-order valence-corrected chi connectivity index (χ1v) is 9.71. The largest absolute Gasteiger partial charge is 0.494 e. The highest BCUT2D eigenvalue weighted by atomic mass is 32.2. The number of aryl methyl sites for hydroxylation is 1. The Morgan fingerprint density at radius 3 is 2.59 bits per heavy atom. The Kier molecular flexibility index (Phi) is 5.12. The van der Waals surface area contributed by atoms with E-state index in [2.05, 4.69) is 27.9 Å². The average molecular weight is 349 g/mol.